The van der Waals surface area contributed by atoms with Gasteiger partial charge >= 0.3 is 0 Å². The van der Waals surface area contributed by atoms with Gasteiger partial charge in [-0.2, -0.15) is 0 Å². The summed E-state index contributed by atoms with van der Waals surface area (Å²) >= 11 is 0. The highest BCUT2D eigenvalue weighted by molar-refractivity contribution is 5.01. The van der Waals surface area contributed by atoms with Crippen molar-refractivity contribution in [3.05, 3.63) is 0 Å². The van der Waals surface area contributed by atoms with Crippen LogP contribution in [0.4, 0.5) is 0 Å². The van der Waals surface area contributed by atoms with Gasteiger partial charge < -0.3 is 20.4 Å². The standard InChI is InChI=1S/C9H17NO4/c11-4-5-6(12)1-2-10-3-7(13)9(14)8(5)10/h5-9,11-14H,1-4H2. The summed E-state index contributed by atoms with van der Waals surface area (Å²) in [6, 6.07) is -0.293. The van der Waals surface area contributed by atoms with Gasteiger partial charge in [-0.05, 0) is 6.42 Å². The van der Waals surface area contributed by atoms with Gasteiger partial charge in [0.25, 0.3) is 0 Å². The van der Waals surface area contributed by atoms with E-state index in [0.717, 1.165) is 0 Å². The van der Waals surface area contributed by atoms with Crippen molar-refractivity contribution >= 4 is 0 Å². The molecule has 0 amide bonds. The normalized spacial score (nSPS) is 49.3. The molecular formula is C9H17NO4. The number of piperidine rings is 1. The molecule has 0 aromatic heterocycles. The quantitative estimate of drug-likeness (QED) is 0.387. The molecule has 82 valence electrons. The van der Waals surface area contributed by atoms with Crippen LogP contribution in [0.3, 0.4) is 0 Å². The van der Waals surface area contributed by atoms with E-state index in [2.05, 4.69) is 0 Å². The third-order valence-electron chi connectivity index (χ3n) is 3.44. The highest BCUT2D eigenvalue weighted by Crippen LogP contribution is 2.32. The zero-order valence-electron chi connectivity index (χ0n) is 7.95. The van der Waals surface area contributed by atoms with Crippen LogP contribution in [-0.2, 0) is 0 Å². The zero-order valence-corrected chi connectivity index (χ0v) is 7.95. The highest BCUT2D eigenvalue weighted by Gasteiger charge is 2.48. The van der Waals surface area contributed by atoms with Crippen molar-refractivity contribution < 1.29 is 20.4 Å². The molecule has 0 saturated carbocycles. The number of aliphatic hydroxyl groups is 4. The lowest BCUT2D eigenvalue weighted by Crippen LogP contribution is -2.53. The van der Waals surface area contributed by atoms with Crippen molar-refractivity contribution in [2.45, 2.75) is 30.8 Å². The van der Waals surface area contributed by atoms with Crippen LogP contribution < -0.4 is 0 Å². The Labute approximate surface area is 82.6 Å². The minimum Gasteiger partial charge on any atom is -0.396 e. The van der Waals surface area contributed by atoms with E-state index >= 15 is 0 Å². The van der Waals surface area contributed by atoms with Gasteiger partial charge in [-0.15, -0.1) is 0 Å². The molecule has 2 aliphatic heterocycles. The van der Waals surface area contributed by atoms with Crippen molar-refractivity contribution in [3.63, 3.8) is 0 Å². The van der Waals surface area contributed by atoms with Crippen LogP contribution in [0.2, 0.25) is 0 Å². The molecule has 14 heavy (non-hydrogen) atoms. The second-order valence-electron chi connectivity index (χ2n) is 4.25. The monoisotopic (exact) mass is 203 g/mol. The molecule has 5 heteroatoms. The van der Waals surface area contributed by atoms with Crippen molar-refractivity contribution in [1.82, 2.24) is 4.90 Å². The van der Waals surface area contributed by atoms with Crippen LogP contribution in [0.5, 0.6) is 0 Å². The Kier molecular flexibility index (Phi) is 2.77. The van der Waals surface area contributed by atoms with E-state index in [4.69, 9.17) is 5.11 Å². The Morgan fingerprint density at radius 3 is 2.50 bits per heavy atom. The lowest BCUT2D eigenvalue weighted by molar-refractivity contribution is -0.0589. The number of rotatable bonds is 1. The summed E-state index contributed by atoms with van der Waals surface area (Å²) in [4.78, 5) is 1.95. The van der Waals surface area contributed by atoms with Gasteiger partial charge in [-0.1, -0.05) is 0 Å². The fourth-order valence-electron chi connectivity index (χ4n) is 2.65. The van der Waals surface area contributed by atoms with E-state index < -0.39 is 18.3 Å². The van der Waals surface area contributed by atoms with E-state index in [9.17, 15) is 15.3 Å². The smallest absolute Gasteiger partial charge is 0.0970 e. The molecular weight excluding hydrogens is 186 g/mol. The van der Waals surface area contributed by atoms with E-state index in [1.54, 1.807) is 0 Å². The molecule has 4 N–H and O–H groups in total. The first-order chi connectivity index (χ1) is 6.65. The molecule has 2 saturated heterocycles. The largest absolute Gasteiger partial charge is 0.396 e. The first-order valence-corrected chi connectivity index (χ1v) is 5.04. The predicted molar refractivity (Wildman–Crippen MR) is 48.6 cm³/mol. The van der Waals surface area contributed by atoms with Gasteiger partial charge in [0.2, 0.25) is 0 Å². The molecule has 0 bridgehead atoms. The van der Waals surface area contributed by atoms with Crippen LogP contribution >= 0.6 is 0 Å². The average molecular weight is 203 g/mol. The lowest BCUT2D eigenvalue weighted by atomic mass is 9.86. The van der Waals surface area contributed by atoms with Gasteiger partial charge in [0, 0.05) is 31.7 Å². The fraction of sp³-hybridized carbons (Fsp3) is 1.00. The first kappa shape index (κ1) is 10.3. The Balaban J connectivity index is 2.16. The molecule has 0 aliphatic carbocycles. The molecule has 0 aromatic rings. The number of fused-ring (bicyclic) bond motifs is 1. The number of aliphatic hydroxyl groups excluding tert-OH is 4. The van der Waals surface area contributed by atoms with Crippen LogP contribution in [0.1, 0.15) is 6.42 Å². The van der Waals surface area contributed by atoms with Crippen molar-refractivity contribution in [1.29, 1.82) is 0 Å². The first-order valence-electron chi connectivity index (χ1n) is 5.04. The van der Waals surface area contributed by atoms with Gasteiger partial charge in [0.15, 0.2) is 0 Å². The Morgan fingerprint density at radius 1 is 1.14 bits per heavy atom. The molecule has 2 aliphatic rings. The topological polar surface area (TPSA) is 84.2 Å². The maximum absolute atomic E-state index is 9.70. The lowest BCUT2D eigenvalue weighted by Gasteiger charge is -2.39. The Hall–Kier alpha value is -0.200. The van der Waals surface area contributed by atoms with Crippen LogP contribution in [0.25, 0.3) is 0 Å². The maximum atomic E-state index is 9.70. The van der Waals surface area contributed by atoms with Gasteiger partial charge in [-0.3, -0.25) is 4.90 Å². The van der Waals surface area contributed by atoms with Crippen LogP contribution in [0, 0.1) is 5.92 Å². The summed E-state index contributed by atoms with van der Waals surface area (Å²) < 4.78 is 0. The van der Waals surface area contributed by atoms with E-state index in [1.165, 1.54) is 0 Å². The minimum absolute atomic E-state index is 0.147. The molecule has 5 nitrogen and oxygen atoms in total. The number of nitrogens with zero attached hydrogens (tertiary/aromatic N) is 1. The average Bonchev–Trinajstić information content (AvgIpc) is 2.45. The summed E-state index contributed by atoms with van der Waals surface area (Å²) in [5, 5.41) is 37.9. The van der Waals surface area contributed by atoms with Gasteiger partial charge in [0.1, 0.15) is 0 Å². The van der Waals surface area contributed by atoms with Crippen molar-refractivity contribution in [2.75, 3.05) is 19.7 Å². The number of hydrogen-bond acceptors (Lipinski definition) is 5. The van der Waals surface area contributed by atoms with Crippen LogP contribution in [0.15, 0.2) is 0 Å². The van der Waals surface area contributed by atoms with Gasteiger partial charge in [0.05, 0.1) is 18.3 Å². The zero-order chi connectivity index (χ0) is 10.3. The number of hydrogen-bond donors (Lipinski definition) is 4. The van der Waals surface area contributed by atoms with Crippen molar-refractivity contribution in [2.24, 2.45) is 5.92 Å². The van der Waals surface area contributed by atoms with Crippen LogP contribution in [-0.4, -0.2) is 69.4 Å². The molecule has 5 atom stereocenters. The Bertz CT molecular complexity index is 213. The predicted octanol–water partition coefficient (Wildman–Crippen LogP) is -2.23. The van der Waals surface area contributed by atoms with Gasteiger partial charge in [-0.25, -0.2) is 0 Å². The van der Waals surface area contributed by atoms with E-state index in [0.29, 0.717) is 19.5 Å². The highest BCUT2D eigenvalue weighted by atomic mass is 16.3. The summed E-state index contributed by atoms with van der Waals surface area (Å²) in [5.41, 5.74) is 0. The third kappa shape index (κ3) is 1.45. The summed E-state index contributed by atoms with van der Waals surface area (Å²) in [5.74, 6) is -0.337. The fourth-order valence-corrected chi connectivity index (χ4v) is 2.65. The van der Waals surface area contributed by atoms with Crippen molar-refractivity contribution in [3.8, 4) is 0 Å². The SMILES string of the molecule is OCC1C(O)CCN2CC(O)C(O)C12. The van der Waals surface area contributed by atoms with E-state index in [1.807, 2.05) is 4.90 Å². The maximum Gasteiger partial charge on any atom is 0.0970 e. The molecule has 2 heterocycles. The molecule has 0 spiro atoms. The van der Waals surface area contributed by atoms with E-state index in [-0.39, 0.29) is 18.6 Å². The Morgan fingerprint density at radius 2 is 1.86 bits per heavy atom. The molecule has 2 rings (SSSR count). The third-order valence-corrected chi connectivity index (χ3v) is 3.44. The molecule has 0 aromatic carbocycles. The minimum atomic E-state index is -0.845. The summed E-state index contributed by atoms with van der Waals surface area (Å²) in [6.07, 6.45) is -1.57. The molecule has 2 fully saturated rings. The summed E-state index contributed by atoms with van der Waals surface area (Å²) in [7, 11) is 0. The molecule has 5 unspecified atom stereocenters. The second-order valence-corrected chi connectivity index (χ2v) is 4.25. The molecule has 0 radical (unpaired) electrons. The summed E-state index contributed by atoms with van der Waals surface area (Å²) in [6.45, 7) is 0.970. The second kappa shape index (κ2) is 3.75.